The monoisotopic (exact) mass is 416 g/mol. The number of sulfonamides is 1. The third-order valence-corrected chi connectivity index (χ3v) is 8.02. The van der Waals surface area contributed by atoms with Gasteiger partial charge in [0.25, 0.3) is 0 Å². The summed E-state index contributed by atoms with van der Waals surface area (Å²) in [5.41, 5.74) is 1.63. The fraction of sp³-hybridized carbons (Fsp3) is 0.455. The second kappa shape index (κ2) is 7.63. The number of benzene rings is 2. The van der Waals surface area contributed by atoms with Gasteiger partial charge in [-0.3, -0.25) is 0 Å². The van der Waals surface area contributed by atoms with Crippen LogP contribution >= 0.6 is 0 Å². The number of ether oxygens (including phenoxy) is 2. The molecule has 2 heterocycles. The molecule has 0 unspecified atom stereocenters. The van der Waals surface area contributed by atoms with Crippen LogP contribution in [-0.2, 0) is 10.0 Å². The van der Waals surface area contributed by atoms with E-state index in [1.165, 1.54) is 4.31 Å². The van der Waals surface area contributed by atoms with Gasteiger partial charge in [-0.2, -0.15) is 0 Å². The molecule has 6 nitrogen and oxygen atoms in total. The van der Waals surface area contributed by atoms with E-state index in [-0.39, 0.29) is 10.3 Å². The smallest absolute Gasteiger partial charge is 0.246 e. The largest absolute Gasteiger partial charge is 0.497 e. The highest BCUT2D eigenvalue weighted by molar-refractivity contribution is 7.89. The molecular weight excluding hydrogens is 388 g/mol. The minimum atomic E-state index is -3.64. The zero-order valence-corrected chi connectivity index (χ0v) is 18.0. The van der Waals surface area contributed by atoms with Crippen molar-refractivity contribution >= 4 is 10.0 Å². The molecule has 0 atom stereocenters. The van der Waals surface area contributed by atoms with Gasteiger partial charge in [-0.15, -0.1) is 0 Å². The van der Waals surface area contributed by atoms with Gasteiger partial charge < -0.3 is 14.4 Å². The molecule has 2 aliphatic rings. The molecule has 4 rings (SSSR count). The van der Waals surface area contributed by atoms with E-state index in [0.717, 1.165) is 42.8 Å². The van der Waals surface area contributed by atoms with Crippen LogP contribution in [0.1, 0.15) is 12.8 Å². The molecule has 0 radical (unpaired) electrons. The highest BCUT2D eigenvalue weighted by Gasteiger charge is 2.41. The molecule has 0 saturated carbocycles. The Morgan fingerprint density at radius 2 is 1.66 bits per heavy atom. The lowest BCUT2D eigenvalue weighted by molar-refractivity contribution is 0.0472. The highest BCUT2D eigenvalue weighted by Crippen LogP contribution is 2.39. The fourth-order valence-corrected chi connectivity index (χ4v) is 5.63. The maximum absolute atomic E-state index is 13.4. The van der Waals surface area contributed by atoms with Crippen molar-refractivity contribution in [1.82, 2.24) is 9.21 Å². The molecule has 1 fully saturated rings. The fourth-order valence-electron chi connectivity index (χ4n) is 4.19. The molecule has 1 saturated heterocycles. The zero-order chi connectivity index (χ0) is 20.6. The van der Waals surface area contributed by atoms with E-state index < -0.39 is 10.0 Å². The lowest BCUT2D eigenvalue weighted by atomic mass is 9.79. The Morgan fingerprint density at radius 3 is 2.31 bits per heavy atom. The third kappa shape index (κ3) is 3.86. The van der Waals surface area contributed by atoms with Crippen molar-refractivity contribution in [2.24, 2.45) is 5.41 Å². The Hall–Kier alpha value is -2.09. The molecule has 29 heavy (non-hydrogen) atoms. The predicted octanol–water partition coefficient (Wildman–Crippen LogP) is 3.09. The molecule has 0 amide bonds. The number of likely N-dealkylation sites (tertiary alicyclic amines) is 1. The van der Waals surface area contributed by atoms with Crippen LogP contribution in [0.3, 0.4) is 0 Å². The molecule has 7 heteroatoms. The van der Waals surface area contributed by atoms with Gasteiger partial charge in [0.2, 0.25) is 10.0 Å². The average Bonchev–Trinajstić information content (AvgIpc) is 2.73. The molecule has 0 aromatic heterocycles. The molecule has 156 valence electrons. The van der Waals surface area contributed by atoms with E-state index in [4.69, 9.17) is 9.47 Å². The van der Waals surface area contributed by atoms with Crippen molar-refractivity contribution in [1.29, 1.82) is 0 Å². The number of methoxy groups -OCH3 is 1. The second-order valence-electron chi connectivity index (χ2n) is 8.24. The van der Waals surface area contributed by atoms with Crippen LogP contribution < -0.4 is 9.47 Å². The number of hydrogen-bond acceptors (Lipinski definition) is 5. The Morgan fingerprint density at radius 1 is 1.00 bits per heavy atom. The first kappa shape index (κ1) is 20.2. The van der Waals surface area contributed by atoms with E-state index in [9.17, 15) is 8.42 Å². The summed E-state index contributed by atoms with van der Waals surface area (Å²) in [7, 11) is 1.77. The van der Waals surface area contributed by atoms with Gasteiger partial charge in [0, 0.05) is 19.0 Å². The number of rotatable bonds is 2. The van der Waals surface area contributed by atoms with Crippen LogP contribution in [-0.4, -0.2) is 65.1 Å². The van der Waals surface area contributed by atoms with E-state index in [1.54, 1.807) is 26.3 Å². The second-order valence-corrected chi connectivity index (χ2v) is 10.3. The van der Waals surface area contributed by atoms with Crippen molar-refractivity contribution in [2.45, 2.75) is 17.7 Å². The van der Waals surface area contributed by atoms with Gasteiger partial charge in [0.05, 0.1) is 13.7 Å². The van der Waals surface area contributed by atoms with Crippen molar-refractivity contribution < 1.29 is 17.9 Å². The Balaban J connectivity index is 1.70. The summed E-state index contributed by atoms with van der Waals surface area (Å²) in [6.07, 6.45) is 1.87. The summed E-state index contributed by atoms with van der Waals surface area (Å²) in [6.45, 7) is 2.94. The number of fused-ring (bicyclic) bond motifs is 1. The van der Waals surface area contributed by atoms with Crippen molar-refractivity contribution in [3.63, 3.8) is 0 Å². The van der Waals surface area contributed by atoms with Crippen LogP contribution in [0.2, 0.25) is 0 Å². The van der Waals surface area contributed by atoms with Crippen LogP contribution in [0.4, 0.5) is 0 Å². The van der Waals surface area contributed by atoms with Crippen molar-refractivity contribution in [2.75, 3.05) is 47.4 Å². The van der Waals surface area contributed by atoms with E-state index in [2.05, 4.69) is 11.9 Å². The Kier molecular flexibility index (Phi) is 5.31. The summed E-state index contributed by atoms with van der Waals surface area (Å²) in [5.74, 6) is 1.20. The number of hydrogen-bond donors (Lipinski definition) is 0. The van der Waals surface area contributed by atoms with Gasteiger partial charge in [-0.05, 0) is 68.4 Å². The maximum atomic E-state index is 13.4. The normalized spacial score (nSPS) is 21.6. The van der Waals surface area contributed by atoms with E-state index >= 15 is 0 Å². The molecule has 0 bridgehead atoms. The maximum Gasteiger partial charge on any atom is 0.246 e. The van der Waals surface area contributed by atoms with Crippen LogP contribution in [0.25, 0.3) is 11.1 Å². The lowest BCUT2D eigenvalue weighted by Crippen LogP contribution is -2.49. The minimum Gasteiger partial charge on any atom is -0.497 e. The summed E-state index contributed by atoms with van der Waals surface area (Å²) >= 11 is 0. The zero-order valence-electron chi connectivity index (χ0n) is 17.2. The molecule has 0 aliphatic carbocycles. The molecule has 0 N–H and O–H groups in total. The number of piperidine rings is 1. The van der Waals surface area contributed by atoms with Gasteiger partial charge >= 0.3 is 0 Å². The van der Waals surface area contributed by atoms with E-state index in [1.807, 2.05) is 30.3 Å². The minimum absolute atomic E-state index is 0.138. The number of nitrogens with zero attached hydrogens (tertiary/aromatic N) is 2. The predicted molar refractivity (Wildman–Crippen MR) is 113 cm³/mol. The SMILES string of the molecule is COc1ccc(-c2ccc3c(c2)S(=O)(=O)N(C)CC2(CCN(C)CC2)CO3)cc1. The van der Waals surface area contributed by atoms with E-state index in [0.29, 0.717) is 18.9 Å². The van der Waals surface area contributed by atoms with Gasteiger partial charge in [0.1, 0.15) is 16.4 Å². The quantitative estimate of drug-likeness (QED) is 0.753. The van der Waals surface area contributed by atoms with Gasteiger partial charge in [0.15, 0.2) is 0 Å². The molecule has 2 aromatic rings. The standard InChI is InChI=1S/C22H28N2O4S/c1-23-12-10-22(11-13-23)15-24(2)29(25,26)21-14-18(6-9-20(21)28-16-22)17-4-7-19(27-3)8-5-17/h4-9,14H,10-13,15-16H2,1-3H3. The van der Waals surface area contributed by atoms with Gasteiger partial charge in [-0.25, -0.2) is 12.7 Å². The Labute approximate surface area is 173 Å². The molecular formula is C22H28N2O4S. The lowest BCUT2D eigenvalue weighted by Gasteiger charge is -2.43. The highest BCUT2D eigenvalue weighted by atomic mass is 32.2. The first-order chi connectivity index (χ1) is 13.8. The topological polar surface area (TPSA) is 59.1 Å². The molecule has 2 aromatic carbocycles. The molecule has 1 spiro atoms. The third-order valence-electron chi connectivity index (χ3n) is 6.19. The van der Waals surface area contributed by atoms with Crippen LogP contribution in [0.15, 0.2) is 47.4 Å². The first-order valence-corrected chi connectivity index (χ1v) is 11.3. The molecule has 2 aliphatic heterocycles. The Bertz CT molecular complexity index is 980. The van der Waals surface area contributed by atoms with Crippen LogP contribution in [0.5, 0.6) is 11.5 Å². The summed E-state index contributed by atoms with van der Waals surface area (Å²) < 4.78 is 39.6. The summed E-state index contributed by atoms with van der Waals surface area (Å²) in [6, 6.07) is 13.0. The first-order valence-electron chi connectivity index (χ1n) is 9.89. The summed E-state index contributed by atoms with van der Waals surface area (Å²) in [4.78, 5) is 2.52. The average molecular weight is 417 g/mol. The van der Waals surface area contributed by atoms with Crippen molar-refractivity contribution in [3.8, 4) is 22.6 Å². The van der Waals surface area contributed by atoms with Crippen LogP contribution in [0, 0.1) is 5.41 Å². The van der Waals surface area contributed by atoms with Gasteiger partial charge in [-0.1, -0.05) is 18.2 Å². The summed E-state index contributed by atoms with van der Waals surface area (Å²) in [5, 5.41) is 0. The van der Waals surface area contributed by atoms with Crippen molar-refractivity contribution in [3.05, 3.63) is 42.5 Å².